The van der Waals surface area contributed by atoms with Gasteiger partial charge < -0.3 is 19.0 Å². The van der Waals surface area contributed by atoms with Crippen LogP contribution >= 0.6 is 0 Å². The standard InChI is InChI=1S/C20H24O5/c1-13(2)7-5-8-14(3)11-12-24-16-10-6-9-15-18(16)25-20(22)17(21)19(15)23-4/h6-7,9-11,21H,5,8,12H2,1-4H3/b14-11+. The molecule has 1 aromatic heterocycles. The van der Waals surface area contributed by atoms with Crippen LogP contribution in [0.5, 0.6) is 17.2 Å². The van der Waals surface area contributed by atoms with E-state index in [2.05, 4.69) is 26.8 Å². The van der Waals surface area contributed by atoms with Crippen molar-refractivity contribution in [2.24, 2.45) is 0 Å². The monoisotopic (exact) mass is 344 g/mol. The lowest BCUT2D eigenvalue weighted by molar-refractivity contribution is 0.343. The highest BCUT2D eigenvalue weighted by Crippen LogP contribution is 2.35. The Morgan fingerprint density at radius 2 is 2.00 bits per heavy atom. The molecule has 0 aliphatic heterocycles. The predicted molar refractivity (Wildman–Crippen MR) is 98.6 cm³/mol. The Morgan fingerprint density at radius 1 is 1.24 bits per heavy atom. The van der Waals surface area contributed by atoms with Gasteiger partial charge >= 0.3 is 5.63 Å². The average molecular weight is 344 g/mol. The van der Waals surface area contributed by atoms with Crippen LogP contribution in [0.1, 0.15) is 33.6 Å². The van der Waals surface area contributed by atoms with Crippen molar-refractivity contribution < 1.29 is 19.0 Å². The molecular weight excluding hydrogens is 320 g/mol. The first kappa shape index (κ1) is 18.6. The first-order chi connectivity index (χ1) is 11.9. The molecule has 1 N–H and O–H groups in total. The number of rotatable bonds is 7. The molecule has 2 aromatic rings. The molecule has 0 fully saturated rings. The summed E-state index contributed by atoms with van der Waals surface area (Å²) in [4.78, 5) is 11.8. The number of benzene rings is 1. The summed E-state index contributed by atoms with van der Waals surface area (Å²) in [6.07, 6.45) is 6.19. The largest absolute Gasteiger partial charge is 0.499 e. The Morgan fingerprint density at radius 3 is 2.68 bits per heavy atom. The number of aromatic hydroxyl groups is 1. The molecule has 25 heavy (non-hydrogen) atoms. The number of methoxy groups -OCH3 is 1. The molecule has 0 saturated carbocycles. The number of hydrogen-bond acceptors (Lipinski definition) is 5. The second kappa shape index (κ2) is 8.42. The summed E-state index contributed by atoms with van der Waals surface area (Å²) < 4.78 is 16.0. The maximum absolute atomic E-state index is 11.8. The molecular formula is C20H24O5. The molecule has 0 aliphatic carbocycles. The molecule has 0 radical (unpaired) electrons. The first-order valence-corrected chi connectivity index (χ1v) is 8.18. The SMILES string of the molecule is COc1c(O)c(=O)oc2c(OC/C=C(\C)CCC=C(C)C)cccc12. The molecule has 2 rings (SSSR count). The molecule has 0 amide bonds. The highest BCUT2D eigenvalue weighted by atomic mass is 16.5. The smallest absolute Gasteiger partial charge is 0.382 e. The number of allylic oxidation sites excluding steroid dienone is 3. The Hall–Kier alpha value is -2.69. The van der Waals surface area contributed by atoms with E-state index >= 15 is 0 Å². The lowest BCUT2D eigenvalue weighted by Crippen LogP contribution is -2.03. The van der Waals surface area contributed by atoms with E-state index < -0.39 is 11.4 Å². The summed E-state index contributed by atoms with van der Waals surface area (Å²) >= 11 is 0. The molecule has 1 aromatic carbocycles. The number of hydrogen-bond donors (Lipinski definition) is 1. The van der Waals surface area contributed by atoms with Crippen LogP contribution in [0.3, 0.4) is 0 Å². The molecule has 1 heterocycles. The topological polar surface area (TPSA) is 68.9 Å². The van der Waals surface area contributed by atoms with Crippen LogP contribution in [0, 0.1) is 0 Å². The van der Waals surface area contributed by atoms with Crippen molar-refractivity contribution in [3.8, 4) is 17.2 Å². The number of ether oxygens (including phenoxy) is 2. The van der Waals surface area contributed by atoms with Gasteiger partial charge in [-0.1, -0.05) is 23.3 Å². The van der Waals surface area contributed by atoms with E-state index in [0.717, 1.165) is 12.8 Å². The van der Waals surface area contributed by atoms with E-state index in [-0.39, 0.29) is 11.3 Å². The summed E-state index contributed by atoms with van der Waals surface area (Å²) in [6, 6.07) is 5.17. The van der Waals surface area contributed by atoms with Crippen molar-refractivity contribution in [3.05, 3.63) is 51.9 Å². The molecule has 134 valence electrons. The summed E-state index contributed by atoms with van der Waals surface area (Å²) in [5.74, 6) is -0.0199. The maximum atomic E-state index is 11.8. The van der Waals surface area contributed by atoms with Crippen molar-refractivity contribution in [3.63, 3.8) is 0 Å². The Kier molecular flexibility index (Phi) is 6.28. The van der Waals surface area contributed by atoms with Crippen molar-refractivity contribution in [1.82, 2.24) is 0 Å². The van der Waals surface area contributed by atoms with E-state index in [0.29, 0.717) is 17.7 Å². The second-order valence-corrected chi connectivity index (χ2v) is 6.09. The van der Waals surface area contributed by atoms with Gasteiger partial charge in [-0.25, -0.2) is 4.79 Å². The second-order valence-electron chi connectivity index (χ2n) is 6.09. The fraction of sp³-hybridized carbons (Fsp3) is 0.350. The quantitative estimate of drug-likeness (QED) is 0.588. The normalized spacial score (nSPS) is 11.4. The van der Waals surface area contributed by atoms with Gasteiger partial charge in [0, 0.05) is 0 Å². The van der Waals surface area contributed by atoms with Crippen LogP contribution in [-0.2, 0) is 0 Å². The minimum atomic E-state index is -0.853. The van der Waals surface area contributed by atoms with Crippen LogP contribution in [-0.4, -0.2) is 18.8 Å². The fourth-order valence-electron chi connectivity index (χ4n) is 2.45. The Bertz CT molecular complexity index is 854. The van der Waals surface area contributed by atoms with Gasteiger partial charge in [0.25, 0.3) is 0 Å². The van der Waals surface area contributed by atoms with Crippen LogP contribution in [0.4, 0.5) is 0 Å². The molecule has 0 unspecified atom stereocenters. The summed E-state index contributed by atoms with van der Waals surface area (Å²) in [5.41, 5.74) is 1.95. The third-order valence-electron chi connectivity index (χ3n) is 3.79. The number of fused-ring (bicyclic) bond motifs is 1. The Balaban J connectivity index is 2.18. The van der Waals surface area contributed by atoms with Crippen LogP contribution in [0.15, 0.2) is 50.7 Å². The molecule has 0 atom stereocenters. The van der Waals surface area contributed by atoms with Gasteiger partial charge in [0.2, 0.25) is 5.75 Å². The van der Waals surface area contributed by atoms with Gasteiger partial charge in [0.15, 0.2) is 17.1 Å². The average Bonchev–Trinajstić information content (AvgIpc) is 2.56. The highest BCUT2D eigenvalue weighted by Gasteiger charge is 2.17. The fourth-order valence-corrected chi connectivity index (χ4v) is 2.45. The molecule has 5 heteroatoms. The Labute approximate surface area is 147 Å². The van der Waals surface area contributed by atoms with E-state index in [9.17, 15) is 9.90 Å². The van der Waals surface area contributed by atoms with Crippen LogP contribution in [0.25, 0.3) is 11.0 Å². The van der Waals surface area contributed by atoms with Gasteiger partial charge in [-0.3, -0.25) is 0 Å². The van der Waals surface area contributed by atoms with E-state index in [1.165, 1.54) is 18.3 Å². The zero-order chi connectivity index (χ0) is 18.4. The molecule has 0 aliphatic rings. The zero-order valence-electron chi connectivity index (χ0n) is 15.1. The van der Waals surface area contributed by atoms with Gasteiger partial charge in [-0.15, -0.1) is 0 Å². The molecule has 0 saturated heterocycles. The molecule has 0 spiro atoms. The van der Waals surface area contributed by atoms with Crippen molar-refractivity contribution in [1.29, 1.82) is 0 Å². The maximum Gasteiger partial charge on any atom is 0.382 e. The predicted octanol–water partition coefficient (Wildman–Crippen LogP) is 4.58. The highest BCUT2D eigenvalue weighted by molar-refractivity contribution is 5.89. The van der Waals surface area contributed by atoms with Gasteiger partial charge in [0.05, 0.1) is 12.5 Å². The first-order valence-electron chi connectivity index (χ1n) is 8.18. The van der Waals surface area contributed by atoms with E-state index in [1.54, 1.807) is 18.2 Å². The number of para-hydroxylation sites is 1. The van der Waals surface area contributed by atoms with Gasteiger partial charge in [-0.2, -0.15) is 0 Å². The molecule has 5 nitrogen and oxygen atoms in total. The van der Waals surface area contributed by atoms with Crippen molar-refractivity contribution in [2.75, 3.05) is 13.7 Å². The van der Waals surface area contributed by atoms with Crippen LogP contribution in [0.2, 0.25) is 0 Å². The van der Waals surface area contributed by atoms with Crippen molar-refractivity contribution >= 4 is 11.0 Å². The third-order valence-corrected chi connectivity index (χ3v) is 3.79. The lowest BCUT2D eigenvalue weighted by atomic mass is 10.1. The third kappa shape index (κ3) is 4.66. The van der Waals surface area contributed by atoms with E-state index in [1.807, 2.05) is 6.08 Å². The van der Waals surface area contributed by atoms with Gasteiger partial charge in [-0.05, 0) is 51.8 Å². The van der Waals surface area contributed by atoms with Gasteiger partial charge in [0.1, 0.15) is 6.61 Å². The molecule has 0 bridgehead atoms. The minimum Gasteiger partial charge on any atom is -0.499 e. The summed E-state index contributed by atoms with van der Waals surface area (Å²) in [5, 5.41) is 10.3. The van der Waals surface area contributed by atoms with Crippen molar-refractivity contribution in [2.45, 2.75) is 33.6 Å². The van der Waals surface area contributed by atoms with Crippen LogP contribution < -0.4 is 15.1 Å². The zero-order valence-corrected chi connectivity index (χ0v) is 15.1. The minimum absolute atomic E-state index is 0.0881. The summed E-state index contributed by atoms with van der Waals surface area (Å²) in [7, 11) is 1.39. The summed E-state index contributed by atoms with van der Waals surface area (Å²) in [6.45, 7) is 6.60. The van der Waals surface area contributed by atoms with E-state index in [4.69, 9.17) is 13.9 Å². The lowest BCUT2D eigenvalue weighted by Gasteiger charge is -2.10.